The van der Waals surface area contributed by atoms with E-state index in [2.05, 4.69) is 15.4 Å². The van der Waals surface area contributed by atoms with Crippen LogP contribution in [0, 0.1) is 6.92 Å². The van der Waals surface area contributed by atoms with E-state index in [-0.39, 0.29) is 12.3 Å². The first-order valence-corrected chi connectivity index (χ1v) is 7.25. The predicted octanol–water partition coefficient (Wildman–Crippen LogP) is 1.45. The van der Waals surface area contributed by atoms with Crippen LogP contribution in [0.2, 0.25) is 0 Å². The quantitative estimate of drug-likeness (QED) is 0.787. The molecule has 2 N–H and O–H groups in total. The van der Waals surface area contributed by atoms with Gasteiger partial charge in [-0.3, -0.25) is 14.3 Å². The third-order valence-electron chi connectivity index (χ3n) is 2.81. The second-order valence-electron chi connectivity index (χ2n) is 4.59. The maximum Gasteiger partial charge on any atom is 0.303 e. The highest BCUT2D eigenvalue weighted by atomic mass is 32.1. The minimum Gasteiger partial charge on any atom is -0.481 e. The monoisotopic (exact) mass is 308 g/mol. The summed E-state index contributed by atoms with van der Waals surface area (Å²) in [7, 11) is 1.82. The lowest BCUT2D eigenvalue weighted by atomic mass is 10.3. The molecular weight excluding hydrogens is 292 g/mol. The number of rotatable bonds is 6. The number of hydrogen-bond acceptors (Lipinski definition) is 5. The molecule has 1 amide bonds. The molecular formula is C13H16N4O3S. The number of thiazole rings is 1. The van der Waals surface area contributed by atoms with Crippen LogP contribution in [0.3, 0.4) is 0 Å². The molecule has 112 valence electrons. The molecule has 0 radical (unpaired) electrons. The third-order valence-corrected chi connectivity index (χ3v) is 4.01. The molecule has 7 nitrogen and oxygen atoms in total. The summed E-state index contributed by atoms with van der Waals surface area (Å²) in [6.07, 6.45) is 4.00. The van der Waals surface area contributed by atoms with Crippen LogP contribution in [0.15, 0.2) is 12.4 Å². The van der Waals surface area contributed by atoms with E-state index in [0.29, 0.717) is 23.5 Å². The average molecular weight is 308 g/mol. The SMILES string of the molecule is Cc1nc(-c2cnn(C)c2)sc1C(=O)NCCCC(=O)O. The number of carbonyl (C=O) groups excluding carboxylic acids is 1. The second kappa shape index (κ2) is 6.49. The number of nitrogens with zero attached hydrogens (tertiary/aromatic N) is 3. The number of carboxylic acids is 1. The Morgan fingerprint density at radius 2 is 2.24 bits per heavy atom. The number of nitrogens with one attached hydrogen (secondary N) is 1. The maximum atomic E-state index is 12.1. The molecule has 0 aliphatic heterocycles. The molecule has 0 unspecified atom stereocenters. The summed E-state index contributed by atoms with van der Waals surface area (Å²) in [6, 6.07) is 0. The van der Waals surface area contributed by atoms with Crippen LogP contribution in [0.5, 0.6) is 0 Å². The minimum absolute atomic E-state index is 0.0445. The molecule has 0 atom stereocenters. The topological polar surface area (TPSA) is 97.1 Å². The maximum absolute atomic E-state index is 12.1. The standard InChI is InChI=1S/C13H16N4O3S/c1-8-11(12(20)14-5-3-4-10(18)19)21-13(16-8)9-6-15-17(2)7-9/h6-7H,3-5H2,1-2H3,(H,14,20)(H,18,19). The third kappa shape index (κ3) is 3.88. The Morgan fingerprint density at radius 3 is 2.86 bits per heavy atom. The Balaban J connectivity index is 2.01. The van der Waals surface area contributed by atoms with Crippen molar-refractivity contribution in [1.82, 2.24) is 20.1 Å². The molecule has 0 spiro atoms. The molecule has 0 saturated carbocycles. The lowest BCUT2D eigenvalue weighted by Gasteiger charge is -2.02. The zero-order valence-electron chi connectivity index (χ0n) is 11.8. The molecule has 0 aromatic carbocycles. The van der Waals surface area contributed by atoms with Crippen molar-refractivity contribution in [2.24, 2.45) is 7.05 Å². The summed E-state index contributed by atoms with van der Waals surface area (Å²) in [6.45, 7) is 2.12. The molecule has 0 fully saturated rings. The van der Waals surface area contributed by atoms with Gasteiger partial charge >= 0.3 is 5.97 Å². The van der Waals surface area contributed by atoms with Crippen LogP contribution in [0.25, 0.3) is 10.6 Å². The van der Waals surface area contributed by atoms with Gasteiger partial charge in [-0.2, -0.15) is 5.10 Å². The van der Waals surface area contributed by atoms with E-state index in [0.717, 1.165) is 10.6 Å². The Kier molecular flexibility index (Phi) is 4.69. The van der Waals surface area contributed by atoms with Crippen molar-refractivity contribution in [1.29, 1.82) is 0 Å². The van der Waals surface area contributed by atoms with Gasteiger partial charge in [0.25, 0.3) is 5.91 Å². The Morgan fingerprint density at radius 1 is 1.48 bits per heavy atom. The number of aromatic nitrogens is 3. The molecule has 2 rings (SSSR count). The van der Waals surface area contributed by atoms with Crippen molar-refractivity contribution in [2.45, 2.75) is 19.8 Å². The van der Waals surface area contributed by atoms with Crippen LogP contribution in [0.4, 0.5) is 0 Å². The smallest absolute Gasteiger partial charge is 0.303 e. The molecule has 0 aliphatic rings. The Labute approximate surface area is 125 Å². The molecule has 2 aromatic heterocycles. The zero-order valence-corrected chi connectivity index (χ0v) is 12.6. The average Bonchev–Trinajstić information content (AvgIpc) is 3.00. The van der Waals surface area contributed by atoms with Crippen molar-refractivity contribution in [2.75, 3.05) is 6.54 Å². The first kappa shape index (κ1) is 15.2. The number of aryl methyl sites for hydroxylation is 2. The van der Waals surface area contributed by atoms with Crippen LogP contribution in [0.1, 0.15) is 28.2 Å². The summed E-state index contributed by atoms with van der Waals surface area (Å²) < 4.78 is 1.68. The van der Waals surface area contributed by atoms with Crippen LogP contribution >= 0.6 is 11.3 Å². The fourth-order valence-corrected chi connectivity index (χ4v) is 2.74. The Bertz CT molecular complexity index is 662. The molecule has 0 aliphatic carbocycles. The van der Waals surface area contributed by atoms with Gasteiger partial charge in [-0.1, -0.05) is 0 Å². The highest BCUT2D eigenvalue weighted by Gasteiger charge is 2.16. The van der Waals surface area contributed by atoms with Gasteiger partial charge in [-0.05, 0) is 13.3 Å². The lowest BCUT2D eigenvalue weighted by Crippen LogP contribution is -2.24. The van der Waals surface area contributed by atoms with Gasteiger partial charge in [0.15, 0.2) is 0 Å². The summed E-state index contributed by atoms with van der Waals surface area (Å²) in [5.74, 6) is -1.08. The molecule has 2 aromatic rings. The van der Waals surface area contributed by atoms with Crippen molar-refractivity contribution in [3.63, 3.8) is 0 Å². The highest BCUT2D eigenvalue weighted by Crippen LogP contribution is 2.27. The molecule has 2 heterocycles. The number of carbonyl (C=O) groups is 2. The molecule has 8 heteroatoms. The highest BCUT2D eigenvalue weighted by molar-refractivity contribution is 7.17. The van der Waals surface area contributed by atoms with E-state index in [9.17, 15) is 9.59 Å². The summed E-state index contributed by atoms with van der Waals surface area (Å²) >= 11 is 1.31. The summed E-state index contributed by atoms with van der Waals surface area (Å²) in [5.41, 5.74) is 1.53. The number of hydrogen-bond donors (Lipinski definition) is 2. The van der Waals surface area contributed by atoms with E-state index in [1.807, 2.05) is 13.2 Å². The predicted molar refractivity (Wildman–Crippen MR) is 78.3 cm³/mol. The lowest BCUT2D eigenvalue weighted by molar-refractivity contribution is -0.137. The largest absolute Gasteiger partial charge is 0.481 e. The van der Waals surface area contributed by atoms with Crippen LogP contribution < -0.4 is 5.32 Å². The van der Waals surface area contributed by atoms with E-state index in [1.165, 1.54) is 11.3 Å². The van der Waals surface area contributed by atoms with Gasteiger partial charge < -0.3 is 10.4 Å². The van der Waals surface area contributed by atoms with Gasteiger partial charge in [0.2, 0.25) is 0 Å². The first-order chi connectivity index (χ1) is 9.97. The number of carboxylic acid groups (broad SMARTS) is 1. The summed E-state index contributed by atoms with van der Waals surface area (Å²) in [4.78, 5) is 27.4. The van der Waals surface area contributed by atoms with Gasteiger partial charge in [0.1, 0.15) is 9.88 Å². The van der Waals surface area contributed by atoms with Crippen molar-refractivity contribution < 1.29 is 14.7 Å². The van der Waals surface area contributed by atoms with Crippen LogP contribution in [-0.2, 0) is 11.8 Å². The number of aliphatic carboxylic acids is 1. The van der Waals surface area contributed by atoms with Gasteiger partial charge in [-0.15, -0.1) is 11.3 Å². The van der Waals surface area contributed by atoms with Crippen molar-refractivity contribution >= 4 is 23.2 Å². The van der Waals surface area contributed by atoms with E-state index >= 15 is 0 Å². The van der Waals surface area contributed by atoms with Gasteiger partial charge in [0, 0.05) is 31.8 Å². The number of amides is 1. The van der Waals surface area contributed by atoms with E-state index < -0.39 is 5.97 Å². The zero-order chi connectivity index (χ0) is 15.4. The first-order valence-electron chi connectivity index (χ1n) is 6.44. The van der Waals surface area contributed by atoms with Crippen LogP contribution in [-0.4, -0.2) is 38.3 Å². The molecule has 0 saturated heterocycles. The van der Waals surface area contributed by atoms with Gasteiger partial charge in [0.05, 0.1) is 11.9 Å². The van der Waals surface area contributed by atoms with E-state index in [4.69, 9.17) is 5.11 Å². The molecule has 21 heavy (non-hydrogen) atoms. The van der Waals surface area contributed by atoms with Crippen molar-refractivity contribution in [3.8, 4) is 10.6 Å². The normalized spacial score (nSPS) is 10.6. The Hall–Kier alpha value is -2.22. The fraction of sp³-hybridized carbons (Fsp3) is 0.385. The second-order valence-corrected chi connectivity index (χ2v) is 5.59. The van der Waals surface area contributed by atoms with Crippen molar-refractivity contribution in [3.05, 3.63) is 23.0 Å². The summed E-state index contributed by atoms with van der Waals surface area (Å²) in [5, 5.41) is 16.1. The van der Waals surface area contributed by atoms with Gasteiger partial charge in [-0.25, -0.2) is 4.98 Å². The van der Waals surface area contributed by atoms with E-state index in [1.54, 1.807) is 17.8 Å². The minimum atomic E-state index is -0.864. The fourth-order valence-electron chi connectivity index (χ4n) is 1.78. The molecule has 0 bridgehead atoms.